The summed E-state index contributed by atoms with van der Waals surface area (Å²) in [5, 5.41) is 0.584. The summed E-state index contributed by atoms with van der Waals surface area (Å²) >= 11 is 3.32. The Bertz CT molecular complexity index is 535. The lowest BCUT2D eigenvalue weighted by atomic mass is 10.2. The van der Waals surface area contributed by atoms with E-state index in [1.165, 1.54) is 10.9 Å². The number of fused-ring (bicyclic) bond motifs is 1. The molecule has 5 heteroatoms. The average molecular weight is 254 g/mol. The predicted molar refractivity (Wildman–Crippen MR) is 57.9 cm³/mol. The summed E-state index contributed by atoms with van der Waals surface area (Å²) in [6.45, 7) is 0.151. The molecule has 72 valence electrons. The summed E-state index contributed by atoms with van der Waals surface area (Å²) in [6.07, 6.45) is 1.46. The van der Waals surface area contributed by atoms with Crippen molar-refractivity contribution in [1.29, 1.82) is 0 Å². The smallest absolute Gasteiger partial charge is 0.262 e. The first-order valence-electron chi connectivity index (χ1n) is 4.07. The summed E-state index contributed by atoms with van der Waals surface area (Å²) in [4.78, 5) is 15.8. The van der Waals surface area contributed by atoms with Gasteiger partial charge in [0.1, 0.15) is 0 Å². The predicted octanol–water partition coefficient (Wildman–Crippen LogP) is 1.08. The first kappa shape index (κ1) is 9.36. The van der Waals surface area contributed by atoms with Crippen LogP contribution in [0.5, 0.6) is 0 Å². The molecule has 2 aromatic rings. The van der Waals surface area contributed by atoms with E-state index in [-0.39, 0.29) is 12.2 Å². The molecule has 4 nitrogen and oxygen atoms in total. The highest BCUT2D eigenvalue weighted by Crippen LogP contribution is 2.14. The van der Waals surface area contributed by atoms with Crippen LogP contribution in [0.2, 0.25) is 0 Å². The number of benzene rings is 1. The van der Waals surface area contributed by atoms with Gasteiger partial charge in [0.15, 0.2) is 0 Å². The fourth-order valence-corrected chi connectivity index (χ4v) is 1.61. The molecule has 2 N–H and O–H groups in total. The lowest BCUT2D eigenvalue weighted by molar-refractivity contribution is 0.692. The highest BCUT2D eigenvalue weighted by molar-refractivity contribution is 9.10. The number of nitrogens with zero attached hydrogens (tertiary/aromatic N) is 2. The van der Waals surface area contributed by atoms with Crippen molar-refractivity contribution in [3.05, 3.63) is 39.4 Å². The Balaban J connectivity index is 2.84. The molecule has 0 bridgehead atoms. The molecule has 0 unspecified atom stereocenters. The fraction of sp³-hybridized carbons (Fsp3) is 0.111. The molecule has 0 fully saturated rings. The van der Waals surface area contributed by atoms with Crippen LogP contribution in [0.4, 0.5) is 0 Å². The van der Waals surface area contributed by atoms with Crippen LogP contribution in [-0.4, -0.2) is 9.55 Å². The van der Waals surface area contributed by atoms with E-state index < -0.39 is 0 Å². The van der Waals surface area contributed by atoms with Gasteiger partial charge in [-0.25, -0.2) is 4.98 Å². The number of nitrogens with two attached hydrogens (primary N) is 1. The minimum atomic E-state index is -0.106. The zero-order valence-electron chi connectivity index (χ0n) is 7.27. The van der Waals surface area contributed by atoms with Gasteiger partial charge < -0.3 is 5.73 Å². The molecule has 0 aliphatic heterocycles. The van der Waals surface area contributed by atoms with E-state index in [9.17, 15) is 4.79 Å². The van der Waals surface area contributed by atoms with Crippen LogP contribution >= 0.6 is 15.9 Å². The van der Waals surface area contributed by atoms with Crippen LogP contribution in [0.3, 0.4) is 0 Å². The minimum absolute atomic E-state index is 0.106. The highest BCUT2D eigenvalue weighted by Gasteiger charge is 2.02. The average Bonchev–Trinajstić information content (AvgIpc) is 2.18. The van der Waals surface area contributed by atoms with Gasteiger partial charge in [-0.15, -0.1) is 0 Å². The van der Waals surface area contributed by atoms with E-state index in [2.05, 4.69) is 20.9 Å². The normalized spacial score (nSPS) is 10.7. The quantitative estimate of drug-likeness (QED) is 0.828. The lowest BCUT2D eigenvalue weighted by Gasteiger charge is -2.02. The molecule has 1 heterocycles. The number of halogens is 1. The van der Waals surface area contributed by atoms with Crippen LogP contribution < -0.4 is 11.3 Å². The Hall–Kier alpha value is -1.20. The van der Waals surface area contributed by atoms with Gasteiger partial charge in [0.25, 0.3) is 5.56 Å². The molecule has 1 aromatic carbocycles. The number of rotatable bonds is 1. The van der Waals surface area contributed by atoms with Gasteiger partial charge >= 0.3 is 0 Å². The van der Waals surface area contributed by atoms with E-state index in [0.717, 1.165) is 4.47 Å². The van der Waals surface area contributed by atoms with E-state index in [1.807, 2.05) is 6.07 Å². The van der Waals surface area contributed by atoms with Gasteiger partial charge in [-0.1, -0.05) is 15.9 Å². The third-order valence-corrected chi connectivity index (χ3v) is 2.48. The van der Waals surface area contributed by atoms with Crippen molar-refractivity contribution in [1.82, 2.24) is 9.55 Å². The summed E-state index contributed by atoms with van der Waals surface area (Å²) in [6, 6.07) is 5.35. The third kappa shape index (κ3) is 1.44. The molecule has 0 aliphatic rings. The topological polar surface area (TPSA) is 60.9 Å². The maximum Gasteiger partial charge on any atom is 0.262 e. The molecule has 14 heavy (non-hydrogen) atoms. The zero-order chi connectivity index (χ0) is 10.1. The Kier molecular flexibility index (Phi) is 2.35. The van der Waals surface area contributed by atoms with Crippen molar-refractivity contribution < 1.29 is 0 Å². The summed E-state index contributed by atoms with van der Waals surface area (Å²) in [7, 11) is 0. The van der Waals surface area contributed by atoms with Crippen LogP contribution in [0.1, 0.15) is 0 Å². The molecule has 0 saturated carbocycles. The minimum Gasteiger partial charge on any atom is -0.313 e. The first-order chi connectivity index (χ1) is 6.72. The maximum atomic E-state index is 11.7. The van der Waals surface area contributed by atoms with Crippen molar-refractivity contribution in [3.63, 3.8) is 0 Å². The standard InChI is InChI=1S/C9H8BrN3O/c10-6-1-2-7-8(3-6)12-5-13(4-11)9(7)14/h1-3,5H,4,11H2. The maximum absolute atomic E-state index is 11.7. The van der Waals surface area contributed by atoms with E-state index >= 15 is 0 Å². The molecule has 0 spiro atoms. The second-order valence-corrected chi connectivity index (χ2v) is 3.78. The van der Waals surface area contributed by atoms with Crippen LogP contribution in [0.25, 0.3) is 10.9 Å². The molecule has 0 saturated heterocycles. The van der Waals surface area contributed by atoms with E-state index in [0.29, 0.717) is 10.9 Å². The number of aromatic nitrogens is 2. The number of hydrogen-bond donors (Lipinski definition) is 1. The molecule has 1 aromatic heterocycles. The fourth-order valence-electron chi connectivity index (χ4n) is 1.26. The first-order valence-corrected chi connectivity index (χ1v) is 4.86. The van der Waals surface area contributed by atoms with Gasteiger partial charge in [-0.05, 0) is 18.2 Å². The monoisotopic (exact) mass is 253 g/mol. The Morgan fingerprint density at radius 2 is 2.29 bits per heavy atom. The highest BCUT2D eigenvalue weighted by atomic mass is 79.9. The molecule has 0 amide bonds. The van der Waals surface area contributed by atoms with Crippen LogP contribution in [0, 0.1) is 0 Å². The molecular weight excluding hydrogens is 246 g/mol. The molecule has 0 atom stereocenters. The summed E-state index contributed by atoms with van der Waals surface area (Å²) in [5.41, 5.74) is 5.95. The van der Waals surface area contributed by atoms with Gasteiger partial charge in [0.2, 0.25) is 0 Å². The molecule has 2 rings (SSSR count). The second kappa shape index (κ2) is 3.51. The van der Waals surface area contributed by atoms with Gasteiger partial charge in [-0.3, -0.25) is 9.36 Å². The van der Waals surface area contributed by atoms with E-state index in [1.54, 1.807) is 12.1 Å². The van der Waals surface area contributed by atoms with Crippen LogP contribution in [-0.2, 0) is 6.67 Å². The molecule has 0 radical (unpaired) electrons. The summed E-state index contributed by atoms with van der Waals surface area (Å²) in [5.74, 6) is 0. The SMILES string of the molecule is NCn1cnc2cc(Br)ccc2c1=O. The Morgan fingerprint density at radius 1 is 1.50 bits per heavy atom. The van der Waals surface area contributed by atoms with Gasteiger partial charge in [-0.2, -0.15) is 0 Å². The van der Waals surface area contributed by atoms with Gasteiger partial charge in [0, 0.05) is 4.47 Å². The molecule has 0 aliphatic carbocycles. The second-order valence-electron chi connectivity index (χ2n) is 2.86. The zero-order valence-corrected chi connectivity index (χ0v) is 8.86. The third-order valence-electron chi connectivity index (χ3n) is 1.98. The van der Waals surface area contributed by atoms with E-state index in [4.69, 9.17) is 5.73 Å². The molecular formula is C9H8BrN3O. The Labute approximate surface area is 88.5 Å². The lowest BCUT2D eigenvalue weighted by Crippen LogP contribution is -2.24. The van der Waals surface area contributed by atoms with Gasteiger partial charge in [0.05, 0.1) is 23.9 Å². The largest absolute Gasteiger partial charge is 0.313 e. The Morgan fingerprint density at radius 3 is 3.00 bits per heavy atom. The van der Waals surface area contributed by atoms with Crippen molar-refractivity contribution in [2.24, 2.45) is 5.73 Å². The van der Waals surface area contributed by atoms with Crippen molar-refractivity contribution in [2.45, 2.75) is 6.67 Å². The summed E-state index contributed by atoms with van der Waals surface area (Å²) < 4.78 is 2.28. The van der Waals surface area contributed by atoms with Crippen molar-refractivity contribution >= 4 is 26.8 Å². The number of hydrogen-bond acceptors (Lipinski definition) is 3. The van der Waals surface area contributed by atoms with Crippen molar-refractivity contribution in [2.75, 3.05) is 0 Å². The van der Waals surface area contributed by atoms with Crippen LogP contribution in [0.15, 0.2) is 33.8 Å². The van der Waals surface area contributed by atoms with Crippen molar-refractivity contribution in [3.8, 4) is 0 Å².